The number of anilines is 1. The lowest BCUT2D eigenvalue weighted by Gasteiger charge is -2.33. The van der Waals surface area contributed by atoms with E-state index in [0.717, 1.165) is 11.8 Å². The van der Waals surface area contributed by atoms with Crippen molar-refractivity contribution in [1.82, 2.24) is 9.21 Å². The number of ether oxygens (including phenoxy) is 1. The van der Waals surface area contributed by atoms with E-state index in [9.17, 15) is 26.4 Å². The first kappa shape index (κ1) is 21.3. The molecular formula is C16H22F3N3O4S. The number of aryl methyl sites for hydroxylation is 1. The van der Waals surface area contributed by atoms with Gasteiger partial charge >= 0.3 is 6.18 Å². The molecule has 1 saturated heterocycles. The highest BCUT2D eigenvalue weighted by molar-refractivity contribution is 7.88. The molecule has 1 amide bonds. The van der Waals surface area contributed by atoms with Gasteiger partial charge in [-0.25, -0.2) is 8.42 Å². The topological polar surface area (TPSA) is 79.0 Å². The van der Waals surface area contributed by atoms with Gasteiger partial charge in [0.2, 0.25) is 15.9 Å². The molecule has 1 N–H and O–H groups in total. The lowest BCUT2D eigenvalue weighted by molar-refractivity contribution is -0.153. The molecule has 0 radical (unpaired) electrons. The number of sulfonamides is 1. The largest absolute Gasteiger partial charge is 0.482 e. The van der Waals surface area contributed by atoms with Crippen LogP contribution >= 0.6 is 0 Å². The number of amides is 1. The molecule has 1 heterocycles. The van der Waals surface area contributed by atoms with Crippen molar-refractivity contribution in [3.8, 4) is 5.75 Å². The summed E-state index contributed by atoms with van der Waals surface area (Å²) in [6.45, 7) is 1.12. The van der Waals surface area contributed by atoms with E-state index in [0.29, 0.717) is 0 Å². The number of alkyl halides is 3. The second kappa shape index (κ2) is 8.34. The molecule has 2 rings (SSSR count). The van der Waals surface area contributed by atoms with Crippen LogP contribution in [0.2, 0.25) is 0 Å². The highest BCUT2D eigenvalue weighted by Crippen LogP contribution is 2.27. The first-order chi connectivity index (χ1) is 12.5. The zero-order valence-corrected chi connectivity index (χ0v) is 15.9. The van der Waals surface area contributed by atoms with Gasteiger partial charge in [0.05, 0.1) is 18.5 Å². The molecule has 0 aromatic heterocycles. The third-order valence-electron chi connectivity index (χ3n) is 4.02. The predicted octanol–water partition coefficient (Wildman–Crippen LogP) is 1.45. The maximum absolute atomic E-state index is 12.4. The second-order valence-electron chi connectivity index (χ2n) is 6.30. The molecule has 27 heavy (non-hydrogen) atoms. The van der Waals surface area contributed by atoms with E-state index in [1.807, 2.05) is 0 Å². The van der Waals surface area contributed by atoms with Crippen LogP contribution in [-0.2, 0) is 14.8 Å². The Labute approximate surface area is 156 Å². The number of hydrogen-bond donors (Lipinski definition) is 1. The van der Waals surface area contributed by atoms with Crippen molar-refractivity contribution in [2.24, 2.45) is 0 Å². The number of halogens is 3. The Morgan fingerprint density at radius 3 is 2.41 bits per heavy atom. The Balaban J connectivity index is 1.93. The Bertz CT molecular complexity index is 776. The van der Waals surface area contributed by atoms with Gasteiger partial charge in [-0.1, -0.05) is 6.07 Å². The van der Waals surface area contributed by atoms with Crippen LogP contribution in [-0.4, -0.2) is 75.3 Å². The third kappa shape index (κ3) is 6.58. The number of nitrogens with zero attached hydrogens (tertiary/aromatic N) is 2. The minimum atomic E-state index is -4.46. The molecule has 1 aliphatic rings. The van der Waals surface area contributed by atoms with Crippen LogP contribution in [0.3, 0.4) is 0 Å². The van der Waals surface area contributed by atoms with Gasteiger partial charge in [0, 0.05) is 26.2 Å². The minimum absolute atomic E-state index is 0.0158. The zero-order valence-electron chi connectivity index (χ0n) is 15.0. The minimum Gasteiger partial charge on any atom is -0.482 e. The van der Waals surface area contributed by atoms with Gasteiger partial charge < -0.3 is 15.0 Å². The second-order valence-corrected chi connectivity index (χ2v) is 8.28. The van der Waals surface area contributed by atoms with Crippen LogP contribution < -0.4 is 10.1 Å². The summed E-state index contributed by atoms with van der Waals surface area (Å²) in [5, 5.41) is 2.80. The first-order valence-electron chi connectivity index (χ1n) is 8.23. The maximum atomic E-state index is 12.4. The van der Waals surface area contributed by atoms with E-state index in [-0.39, 0.29) is 50.1 Å². The number of piperazine rings is 1. The summed E-state index contributed by atoms with van der Waals surface area (Å²) in [5.41, 5.74) is 1.01. The molecule has 1 aromatic rings. The van der Waals surface area contributed by atoms with E-state index in [1.165, 1.54) is 15.3 Å². The summed E-state index contributed by atoms with van der Waals surface area (Å²) in [6.07, 6.45) is -3.35. The molecule has 0 atom stereocenters. The van der Waals surface area contributed by atoms with Crippen LogP contribution in [0.4, 0.5) is 18.9 Å². The van der Waals surface area contributed by atoms with Crippen molar-refractivity contribution in [3.63, 3.8) is 0 Å². The number of carbonyl (C=O) groups excluding carboxylic acids is 1. The highest BCUT2D eigenvalue weighted by Gasteiger charge is 2.29. The monoisotopic (exact) mass is 409 g/mol. The molecular weight excluding hydrogens is 387 g/mol. The fraction of sp³-hybridized carbons (Fsp3) is 0.562. The van der Waals surface area contributed by atoms with E-state index in [2.05, 4.69) is 5.32 Å². The maximum Gasteiger partial charge on any atom is 0.422 e. The van der Waals surface area contributed by atoms with Gasteiger partial charge in [-0.15, -0.1) is 0 Å². The summed E-state index contributed by atoms with van der Waals surface area (Å²) in [7, 11) is -3.29. The fourth-order valence-electron chi connectivity index (χ4n) is 2.61. The quantitative estimate of drug-likeness (QED) is 0.770. The zero-order chi connectivity index (χ0) is 20.2. The van der Waals surface area contributed by atoms with Crippen LogP contribution in [0.1, 0.15) is 5.56 Å². The molecule has 1 fully saturated rings. The molecule has 0 unspecified atom stereocenters. The number of hydrogen-bond acceptors (Lipinski definition) is 5. The average Bonchev–Trinajstić information content (AvgIpc) is 2.57. The van der Waals surface area contributed by atoms with Gasteiger partial charge in [-0.3, -0.25) is 4.79 Å². The van der Waals surface area contributed by atoms with Crippen molar-refractivity contribution in [1.29, 1.82) is 0 Å². The molecule has 0 aliphatic carbocycles. The Morgan fingerprint density at radius 1 is 1.22 bits per heavy atom. The molecule has 7 nitrogen and oxygen atoms in total. The van der Waals surface area contributed by atoms with Gasteiger partial charge in [-0.2, -0.15) is 17.5 Å². The first-order valence-corrected chi connectivity index (χ1v) is 10.1. The molecule has 0 spiro atoms. The van der Waals surface area contributed by atoms with Crippen LogP contribution in [0.5, 0.6) is 5.75 Å². The normalized spacial score (nSPS) is 16.3. The molecule has 1 aliphatic heterocycles. The van der Waals surface area contributed by atoms with Crippen molar-refractivity contribution in [2.45, 2.75) is 13.1 Å². The highest BCUT2D eigenvalue weighted by atomic mass is 32.2. The Hall–Kier alpha value is -2.01. The molecule has 0 bridgehead atoms. The number of carbonyl (C=O) groups is 1. The summed E-state index contributed by atoms with van der Waals surface area (Å²) in [4.78, 5) is 13.8. The number of nitrogens with one attached hydrogen (secondary N) is 1. The smallest absolute Gasteiger partial charge is 0.422 e. The third-order valence-corrected chi connectivity index (χ3v) is 5.32. The van der Waals surface area contributed by atoms with Crippen molar-refractivity contribution in [2.75, 3.05) is 50.9 Å². The van der Waals surface area contributed by atoms with Crippen molar-refractivity contribution in [3.05, 3.63) is 23.8 Å². The van der Waals surface area contributed by atoms with Crippen LogP contribution in [0.25, 0.3) is 0 Å². The molecule has 11 heteroatoms. The predicted molar refractivity (Wildman–Crippen MR) is 94.2 cm³/mol. The SMILES string of the molecule is Cc1ccc(NCC(=O)N2CCN(S(C)(=O)=O)CC2)c(OCC(F)(F)F)c1. The molecule has 1 aromatic carbocycles. The van der Waals surface area contributed by atoms with Crippen molar-refractivity contribution >= 4 is 21.6 Å². The van der Waals surface area contributed by atoms with Gasteiger partial charge in [-0.05, 0) is 24.6 Å². The molecule has 0 saturated carbocycles. The van der Waals surface area contributed by atoms with Gasteiger partial charge in [0.25, 0.3) is 0 Å². The Kier molecular flexibility index (Phi) is 6.58. The standard InChI is InChI=1S/C16H22F3N3O4S/c1-12-3-4-13(14(9-12)26-11-16(17,18)19)20-10-15(23)21-5-7-22(8-6-21)27(2,24)25/h3-4,9,20H,5-8,10-11H2,1-2H3. The van der Waals surface area contributed by atoms with E-state index < -0.39 is 22.8 Å². The lowest BCUT2D eigenvalue weighted by Crippen LogP contribution is -2.51. The lowest BCUT2D eigenvalue weighted by atomic mass is 10.2. The number of rotatable bonds is 6. The summed E-state index contributed by atoms with van der Waals surface area (Å²) < 4.78 is 66.3. The summed E-state index contributed by atoms with van der Waals surface area (Å²) in [5.74, 6) is -0.257. The summed E-state index contributed by atoms with van der Waals surface area (Å²) in [6, 6.07) is 4.71. The number of benzene rings is 1. The average molecular weight is 409 g/mol. The van der Waals surface area contributed by atoms with Crippen molar-refractivity contribution < 1.29 is 31.1 Å². The van der Waals surface area contributed by atoms with Gasteiger partial charge in [0.15, 0.2) is 6.61 Å². The van der Waals surface area contributed by atoms with Crippen LogP contribution in [0.15, 0.2) is 18.2 Å². The van der Waals surface area contributed by atoms with Gasteiger partial charge in [0.1, 0.15) is 5.75 Å². The summed E-state index contributed by atoms with van der Waals surface area (Å²) >= 11 is 0. The van der Waals surface area contributed by atoms with E-state index in [4.69, 9.17) is 4.74 Å². The molecule has 152 valence electrons. The Morgan fingerprint density at radius 2 is 1.85 bits per heavy atom. The van der Waals surface area contributed by atoms with Crippen LogP contribution in [0, 0.1) is 6.92 Å². The fourth-order valence-corrected chi connectivity index (χ4v) is 3.43. The van der Waals surface area contributed by atoms with E-state index >= 15 is 0 Å². The van der Waals surface area contributed by atoms with E-state index in [1.54, 1.807) is 19.1 Å².